The Morgan fingerprint density at radius 3 is 2.68 bits per heavy atom. The highest BCUT2D eigenvalue weighted by atomic mass is 19.1. The summed E-state index contributed by atoms with van der Waals surface area (Å²) < 4.78 is 19.0. The zero-order chi connectivity index (χ0) is 31.5. The first-order valence-electron chi connectivity index (χ1n) is 15.1. The number of carbonyl (C=O) groups is 2. The number of anilines is 1. The third kappa shape index (κ3) is 9.51. The zero-order valence-electron chi connectivity index (χ0n) is 25.7. The van der Waals surface area contributed by atoms with E-state index in [2.05, 4.69) is 26.9 Å². The number of amides is 2. The second kappa shape index (κ2) is 15.3. The highest BCUT2D eigenvalue weighted by molar-refractivity contribution is 5.99. The van der Waals surface area contributed by atoms with Gasteiger partial charge in [-0.05, 0) is 88.9 Å². The topological polar surface area (TPSA) is 119 Å². The summed E-state index contributed by atoms with van der Waals surface area (Å²) in [4.78, 5) is 32.5. The maximum atomic E-state index is 13.7. The average molecular weight is 601 g/mol. The van der Waals surface area contributed by atoms with Crippen molar-refractivity contribution in [2.75, 3.05) is 38.0 Å². The first-order valence-corrected chi connectivity index (χ1v) is 15.1. The summed E-state index contributed by atoms with van der Waals surface area (Å²) >= 11 is 0. The number of alkyl carbamates (subject to hydrolysis) is 1. The van der Waals surface area contributed by atoms with Crippen molar-refractivity contribution in [3.8, 4) is 17.3 Å². The Bertz CT molecular complexity index is 1480. The van der Waals surface area contributed by atoms with Gasteiger partial charge in [0.1, 0.15) is 17.2 Å². The smallest absolute Gasteiger partial charge is 0.407 e. The lowest BCUT2D eigenvalue weighted by Crippen LogP contribution is -2.41. The number of rotatable bonds is 12. The number of halogens is 1. The minimum atomic E-state index is -0.532. The highest BCUT2D eigenvalue weighted by Gasteiger charge is 2.25. The molecule has 2 aromatic carbocycles. The van der Waals surface area contributed by atoms with E-state index in [9.17, 15) is 19.2 Å². The van der Waals surface area contributed by atoms with E-state index in [4.69, 9.17) is 9.72 Å². The van der Waals surface area contributed by atoms with Gasteiger partial charge in [-0.25, -0.2) is 14.2 Å². The van der Waals surface area contributed by atoms with E-state index in [1.165, 1.54) is 12.1 Å². The maximum absolute atomic E-state index is 13.7. The van der Waals surface area contributed by atoms with Crippen LogP contribution in [0.1, 0.15) is 61.5 Å². The molecule has 3 N–H and O–H groups in total. The second-order valence-corrected chi connectivity index (χ2v) is 11.9. The van der Waals surface area contributed by atoms with Gasteiger partial charge < -0.3 is 20.7 Å². The van der Waals surface area contributed by atoms with E-state index < -0.39 is 11.7 Å². The van der Waals surface area contributed by atoms with Gasteiger partial charge in [0, 0.05) is 37.8 Å². The summed E-state index contributed by atoms with van der Waals surface area (Å²) in [7, 11) is 0. The van der Waals surface area contributed by atoms with Crippen LogP contribution in [0.3, 0.4) is 0 Å². The molecule has 4 rings (SSSR count). The molecule has 1 fully saturated rings. The Balaban J connectivity index is 1.39. The van der Waals surface area contributed by atoms with Crippen LogP contribution >= 0.6 is 0 Å². The Morgan fingerprint density at radius 1 is 1.09 bits per heavy atom. The minimum Gasteiger partial charge on any atom is -0.444 e. The molecule has 1 saturated heterocycles. The van der Waals surface area contributed by atoms with E-state index in [0.717, 1.165) is 37.9 Å². The van der Waals surface area contributed by atoms with Crippen LogP contribution in [0.2, 0.25) is 0 Å². The summed E-state index contributed by atoms with van der Waals surface area (Å²) in [6.07, 6.45) is 2.92. The molecule has 1 atom stereocenters. The summed E-state index contributed by atoms with van der Waals surface area (Å²) in [5, 5.41) is 18.8. The number of ether oxygens (including phenoxy) is 1. The number of nitrogens with zero attached hydrogens (tertiary/aromatic N) is 3. The van der Waals surface area contributed by atoms with Gasteiger partial charge in [0.25, 0.3) is 5.91 Å². The number of pyridine rings is 1. The molecular weight excluding hydrogens is 559 g/mol. The summed E-state index contributed by atoms with van der Waals surface area (Å²) in [6.45, 7) is 8.68. The Kier molecular flexibility index (Phi) is 11.3. The van der Waals surface area contributed by atoms with Crippen LogP contribution in [0.15, 0.2) is 60.7 Å². The van der Waals surface area contributed by atoms with Crippen LogP contribution in [0.25, 0.3) is 11.3 Å². The van der Waals surface area contributed by atoms with E-state index in [1.54, 1.807) is 30.3 Å². The Morgan fingerprint density at radius 2 is 1.91 bits per heavy atom. The summed E-state index contributed by atoms with van der Waals surface area (Å²) in [5.41, 5.74) is 2.44. The molecule has 1 aliphatic heterocycles. The lowest BCUT2D eigenvalue weighted by Gasteiger charge is -2.25. The van der Waals surface area contributed by atoms with Crippen molar-refractivity contribution in [3.05, 3.63) is 83.2 Å². The average Bonchev–Trinajstić information content (AvgIpc) is 3.44. The fourth-order valence-electron chi connectivity index (χ4n) is 5.26. The number of aromatic nitrogens is 1. The molecule has 0 aliphatic carbocycles. The van der Waals surface area contributed by atoms with Crippen molar-refractivity contribution in [1.29, 1.82) is 5.26 Å². The zero-order valence-corrected chi connectivity index (χ0v) is 25.7. The second-order valence-electron chi connectivity index (χ2n) is 11.9. The molecule has 1 aliphatic rings. The number of likely N-dealkylation sites (tertiary alicyclic amines) is 1. The van der Waals surface area contributed by atoms with Crippen LogP contribution in [0, 0.1) is 17.1 Å². The third-order valence-corrected chi connectivity index (χ3v) is 7.35. The number of hydrogen-bond donors (Lipinski definition) is 3. The normalized spacial score (nSPS) is 14.9. The SMILES string of the molecule is CC(C)(C)OC(=O)NCCCN1CCCC1CNC(=O)c1ccc(-c2ccccc2C#N)nc1NCCc1cccc(F)c1. The molecular formula is C34H41FN6O3. The fraction of sp³-hybridized carbons (Fsp3) is 0.412. The van der Waals surface area contributed by atoms with Crippen LogP contribution in [0.5, 0.6) is 0 Å². The predicted molar refractivity (Wildman–Crippen MR) is 169 cm³/mol. The third-order valence-electron chi connectivity index (χ3n) is 7.35. The lowest BCUT2D eigenvalue weighted by molar-refractivity contribution is 0.0525. The molecule has 0 radical (unpaired) electrons. The predicted octanol–water partition coefficient (Wildman–Crippen LogP) is 5.52. The van der Waals surface area contributed by atoms with Gasteiger partial charge in [-0.1, -0.05) is 30.3 Å². The molecule has 0 saturated carbocycles. The first kappa shape index (κ1) is 32.4. The standard InChI is InChI=1S/C34H41FN6O3/c1-34(2,3)44-33(43)38-17-8-20-41-19-7-12-27(41)23-39-32(42)29-14-15-30(28-13-5-4-10-25(28)22-36)40-31(29)37-18-16-24-9-6-11-26(35)21-24/h4-6,9-11,13-15,21,27H,7-8,12,16-20,23H2,1-3H3,(H,37,40)(H,38,43)(H,39,42). The summed E-state index contributed by atoms with van der Waals surface area (Å²) in [6, 6.07) is 19.5. The molecule has 10 heteroatoms. The van der Waals surface area contributed by atoms with Gasteiger partial charge in [0.05, 0.1) is 22.9 Å². The van der Waals surface area contributed by atoms with Gasteiger partial charge in [-0.15, -0.1) is 0 Å². The number of nitrogens with one attached hydrogen (secondary N) is 3. The lowest BCUT2D eigenvalue weighted by atomic mass is 10.0. The van der Waals surface area contributed by atoms with Gasteiger partial charge in [0.15, 0.2) is 0 Å². The molecule has 44 heavy (non-hydrogen) atoms. The van der Waals surface area contributed by atoms with Crippen LogP contribution in [-0.2, 0) is 11.2 Å². The minimum absolute atomic E-state index is 0.194. The highest BCUT2D eigenvalue weighted by Crippen LogP contribution is 2.25. The number of benzene rings is 2. The van der Waals surface area contributed by atoms with Crippen molar-refractivity contribution in [3.63, 3.8) is 0 Å². The fourth-order valence-corrected chi connectivity index (χ4v) is 5.26. The van der Waals surface area contributed by atoms with Gasteiger partial charge in [-0.3, -0.25) is 9.69 Å². The van der Waals surface area contributed by atoms with Crippen molar-refractivity contribution < 1.29 is 18.7 Å². The molecule has 9 nitrogen and oxygen atoms in total. The summed E-state index contributed by atoms with van der Waals surface area (Å²) in [5.74, 6) is -0.138. The van der Waals surface area contributed by atoms with Gasteiger partial charge >= 0.3 is 6.09 Å². The molecule has 1 aromatic heterocycles. The largest absolute Gasteiger partial charge is 0.444 e. The maximum Gasteiger partial charge on any atom is 0.407 e. The van der Waals surface area contributed by atoms with E-state index in [1.807, 2.05) is 39.0 Å². The van der Waals surface area contributed by atoms with E-state index in [-0.39, 0.29) is 17.8 Å². The van der Waals surface area contributed by atoms with Gasteiger partial charge in [-0.2, -0.15) is 5.26 Å². The molecule has 1 unspecified atom stereocenters. The molecule has 232 valence electrons. The number of carbonyl (C=O) groups excluding carboxylic acids is 2. The first-order chi connectivity index (χ1) is 21.1. The van der Waals surface area contributed by atoms with Crippen LogP contribution < -0.4 is 16.0 Å². The molecule has 2 amide bonds. The van der Waals surface area contributed by atoms with Crippen molar-refractivity contribution in [2.24, 2.45) is 0 Å². The van der Waals surface area contributed by atoms with Crippen molar-refractivity contribution >= 4 is 17.8 Å². The van der Waals surface area contributed by atoms with Crippen molar-refractivity contribution in [2.45, 2.75) is 58.1 Å². The van der Waals surface area contributed by atoms with E-state index in [0.29, 0.717) is 54.3 Å². The van der Waals surface area contributed by atoms with Gasteiger partial charge in [0.2, 0.25) is 0 Å². The molecule has 2 heterocycles. The monoisotopic (exact) mass is 600 g/mol. The molecule has 0 spiro atoms. The van der Waals surface area contributed by atoms with Crippen LogP contribution in [-0.4, -0.2) is 66.3 Å². The number of nitriles is 1. The van der Waals surface area contributed by atoms with Crippen LogP contribution in [0.4, 0.5) is 15.0 Å². The Hall–Kier alpha value is -4.49. The quantitative estimate of drug-likeness (QED) is 0.234. The molecule has 0 bridgehead atoms. The number of hydrogen-bond acceptors (Lipinski definition) is 7. The molecule has 3 aromatic rings. The van der Waals surface area contributed by atoms with E-state index >= 15 is 0 Å². The Labute approximate surface area is 258 Å². The van der Waals surface area contributed by atoms with Crippen molar-refractivity contribution in [1.82, 2.24) is 20.5 Å².